The number of amides is 1. The summed E-state index contributed by atoms with van der Waals surface area (Å²) in [5.74, 6) is 2.00. The molecule has 1 N–H and O–H groups in total. The number of hydrogen-bond acceptors (Lipinski definition) is 3. The molecule has 2 aromatic carbocycles. The first-order valence-electron chi connectivity index (χ1n) is 8.86. The summed E-state index contributed by atoms with van der Waals surface area (Å²) >= 11 is 0. The molecule has 3 rings (SSSR count). The molecule has 0 unspecified atom stereocenters. The fourth-order valence-corrected chi connectivity index (χ4v) is 3.00. The molecule has 0 heterocycles. The topological polar surface area (TPSA) is 47.6 Å². The van der Waals surface area contributed by atoms with Crippen LogP contribution in [0, 0.1) is 6.92 Å². The number of carbonyl (C=O) groups excluding carboxylic acids is 1. The second-order valence-electron chi connectivity index (χ2n) is 6.48. The normalized spacial score (nSPS) is 13.4. The first-order chi connectivity index (χ1) is 12.1. The van der Waals surface area contributed by atoms with Crippen LogP contribution in [0.15, 0.2) is 36.4 Å². The molecule has 0 aliphatic heterocycles. The monoisotopic (exact) mass is 339 g/mol. The Labute approximate surface area is 149 Å². The minimum atomic E-state index is -0.460. The average Bonchev–Trinajstić information content (AvgIpc) is 3.46. The molecule has 1 saturated carbocycles. The minimum Gasteiger partial charge on any atom is -0.488 e. The first-order valence-corrected chi connectivity index (χ1v) is 8.86. The zero-order valence-electron chi connectivity index (χ0n) is 15.1. The molecular weight excluding hydrogens is 314 g/mol. The van der Waals surface area contributed by atoms with Crippen LogP contribution in [0.4, 0.5) is 4.79 Å². The van der Waals surface area contributed by atoms with Crippen LogP contribution in [0.1, 0.15) is 47.9 Å². The Morgan fingerprint density at radius 1 is 1.20 bits per heavy atom. The van der Waals surface area contributed by atoms with Gasteiger partial charge in [-0.25, -0.2) is 4.79 Å². The van der Waals surface area contributed by atoms with E-state index in [9.17, 15) is 4.79 Å². The van der Waals surface area contributed by atoms with Gasteiger partial charge in [0, 0.05) is 12.6 Å². The van der Waals surface area contributed by atoms with Gasteiger partial charge >= 0.3 is 6.09 Å². The van der Waals surface area contributed by atoms with Gasteiger partial charge in [0.15, 0.2) is 0 Å². The maximum atomic E-state index is 11.7. The van der Waals surface area contributed by atoms with Crippen molar-refractivity contribution < 1.29 is 14.3 Å². The van der Waals surface area contributed by atoms with Gasteiger partial charge < -0.3 is 14.8 Å². The van der Waals surface area contributed by atoms with Crippen LogP contribution in [-0.2, 0) is 13.0 Å². The van der Waals surface area contributed by atoms with Crippen molar-refractivity contribution in [3.63, 3.8) is 0 Å². The smallest absolute Gasteiger partial charge is 0.412 e. The third-order valence-corrected chi connectivity index (χ3v) is 4.61. The molecule has 1 aliphatic carbocycles. The van der Waals surface area contributed by atoms with Crippen molar-refractivity contribution in [2.24, 2.45) is 0 Å². The molecule has 0 radical (unpaired) electrons. The van der Waals surface area contributed by atoms with E-state index < -0.39 is 6.09 Å². The maximum absolute atomic E-state index is 11.7. The van der Waals surface area contributed by atoms with Crippen LogP contribution < -0.4 is 14.8 Å². The number of hydrogen-bond donors (Lipinski definition) is 1. The van der Waals surface area contributed by atoms with Crippen LogP contribution in [-0.4, -0.2) is 13.1 Å². The molecule has 0 bridgehead atoms. The fourth-order valence-electron chi connectivity index (χ4n) is 3.00. The van der Waals surface area contributed by atoms with E-state index in [4.69, 9.17) is 9.47 Å². The highest BCUT2D eigenvalue weighted by Crippen LogP contribution is 2.44. The van der Waals surface area contributed by atoms with Gasteiger partial charge in [-0.05, 0) is 60.9 Å². The number of aryl methyl sites for hydroxylation is 2. The van der Waals surface area contributed by atoms with E-state index >= 15 is 0 Å². The second-order valence-corrected chi connectivity index (χ2v) is 6.48. The molecule has 132 valence electrons. The number of benzene rings is 2. The van der Waals surface area contributed by atoms with Crippen LogP contribution in [0.25, 0.3) is 0 Å². The van der Waals surface area contributed by atoms with Crippen molar-refractivity contribution in [3.05, 3.63) is 58.7 Å². The fraction of sp³-hybridized carbons (Fsp3) is 0.381. The number of rotatable bonds is 6. The number of carbonyl (C=O) groups is 1. The Morgan fingerprint density at radius 2 is 2.00 bits per heavy atom. The van der Waals surface area contributed by atoms with Crippen LogP contribution in [0.5, 0.6) is 11.5 Å². The summed E-state index contributed by atoms with van der Waals surface area (Å²) < 4.78 is 11.5. The van der Waals surface area contributed by atoms with Gasteiger partial charge in [0.25, 0.3) is 0 Å². The molecular formula is C21H25NO3. The Kier molecular flexibility index (Phi) is 5.27. The lowest BCUT2D eigenvalue weighted by Gasteiger charge is -2.16. The highest BCUT2D eigenvalue weighted by Gasteiger charge is 2.28. The van der Waals surface area contributed by atoms with Gasteiger partial charge in [-0.15, -0.1) is 0 Å². The summed E-state index contributed by atoms with van der Waals surface area (Å²) in [6.45, 7) is 4.60. The molecule has 2 aromatic rings. The molecule has 0 spiro atoms. The molecule has 4 nitrogen and oxygen atoms in total. The van der Waals surface area contributed by atoms with Crippen molar-refractivity contribution in [2.75, 3.05) is 7.05 Å². The van der Waals surface area contributed by atoms with Crippen molar-refractivity contribution in [1.82, 2.24) is 5.32 Å². The summed E-state index contributed by atoms with van der Waals surface area (Å²) in [6.07, 6.45) is 2.91. The summed E-state index contributed by atoms with van der Waals surface area (Å²) in [7, 11) is 1.56. The van der Waals surface area contributed by atoms with Gasteiger partial charge in [-0.1, -0.05) is 31.2 Å². The zero-order valence-corrected chi connectivity index (χ0v) is 15.1. The lowest BCUT2D eigenvalue weighted by Crippen LogP contribution is -2.23. The lowest BCUT2D eigenvalue weighted by molar-refractivity contribution is 0.201. The first kappa shape index (κ1) is 17.3. The summed E-state index contributed by atoms with van der Waals surface area (Å²) in [4.78, 5) is 11.7. The molecule has 0 saturated heterocycles. The molecule has 4 heteroatoms. The second kappa shape index (κ2) is 7.60. The Balaban J connectivity index is 1.84. The Bertz CT molecular complexity index is 766. The van der Waals surface area contributed by atoms with Gasteiger partial charge in [0.1, 0.15) is 18.1 Å². The van der Waals surface area contributed by atoms with Crippen LogP contribution in [0.3, 0.4) is 0 Å². The largest absolute Gasteiger partial charge is 0.488 e. The van der Waals surface area contributed by atoms with Gasteiger partial charge in [-0.3, -0.25) is 0 Å². The number of nitrogens with one attached hydrogen (secondary N) is 1. The van der Waals surface area contributed by atoms with E-state index in [-0.39, 0.29) is 0 Å². The van der Waals surface area contributed by atoms with Crippen molar-refractivity contribution in [3.8, 4) is 11.5 Å². The van der Waals surface area contributed by atoms with E-state index in [0.717, 1.165) is 23.3 Å². The highest BCUT2D eigenvalue weighted by molar-refractivity contribution is 5.70. The van der Waals surface area contributed by atoms with Crippen LogP contribution in [0.2, 0.25) is 0 Å². The van der Waals surface area contributed by atoms with E-state index in [1.807, 2.05) is 18.2 Å². The zero-order chi connectivity index (χ0) is 17.8. The van der Waals surface area contributed by atoms with E-state index in [1.54, 1.807) is 7.05 Å². The van der Waals surface area contributed by atoms with Crippen molar-refractivity contribution >= 4 is 6.09 Å². The molecule has 1 aliphatic rings. The quantitative estimate of drug-likeness (QED) is 0.827. The third kappa shape index (κ3) is 4.13. The Morgan fingerprint density at radius 3 is 2.64 bits per heavy atom. The lowest BCUT2D eigenvalue weighted by atomic mass is 10.0. The van der Waals surface area contributed by atoms with E-state index in [2.05, 4.69) is 37.4 Å². The molecule has 0 aromatic heterocycles. The number of ether oxygens (including phenoxy) is 2. The van der Waals surface area contributed by atoms with Crippen LogP contribution >= 0.6 is 0 Å². The molecule has 0 atom stereocenters. The highest BCUT2D eigenvalue weighted by atomic mass is 16.6. The molecule has 1 amide bonds. The van der Waals surface area contributed by atoms with E-state index in [1.165, 1.54) is 24.0 Å². The van der Waals surface area contributed by atoms with Gasteiger partial charge in [0.05, 0.1) is 0 Å². The summed E-state index contributed by atoms with van der Waals surface area (Å²) in [5, 5.41) is 2.50. The summed E-state index contributed by atoms with van der Waals surface area (Å²) in [6, 6.07) is 12.2. The average molecular weight is 339 g/mol. The SMILES string of the molecule is CCc1ccc(OCc2c(OC(=O)NC)cccc2C2CC2)c(C)c1. The van der Waals surface area contributed by atoms with Gasteiger partial charge in [-0.2, -0.15) is 0 Å². The standard InChI is InChI=1S/C21H25NO3/c1-4-15-8-11-19(14(2)12-15)24-13-18-17(16-9-10-16)6-5-7-20(18)25-21(23)22-3/h5-8,11-12,16H,4,9-10,13H2,1-3H3,(H,22,23). The van der Waals surface area contributed by atoms with E-state index in [0.29, 0.717) is 18.3 Å². The minimum absolute atomic E-state index is 0.394. The predicted molar refractivity (Wildman–Crippen MR) is 98.4 cm³/mol. The third-order valence-electron chi connectivity index (χ3n) is 4.61. The predicted octanol–water partition coefficient (Wildman–Crippen LogP) is 4.73. The van der Waals surface area contributed by atoms with Gasteiger partial charge in [0.2, 0.25) is 0 Å². The maximum Gasteiger partial charge on any atom is 0.412 e. The summed E-state index contributed by atoms with van der Waals surface area (Å²) in [5.41, 5.74) is 4.61. The van der Waals surface area contributed by atoms with Crippen molar-refractivity contribution in [2.45, 2.75) is 45.6 Å². The molecule has 25 heavy (non-hydrogen) atoms. The molecule has 1 fully saturated rings. The van der Waals surface area contributed by atoms with Crippen molar-refractivity contribution in [1.29, 1.82) is 0 Å². The Hall–Kier alpha value is -2.49.